The number of benzene rings is 1. The Hall–Kier alpha value is -2.50. The van der Waals surface area contributed by atoms with Crippen LogP contribution < -0.4 is 5.32 Å². The monoisotopic (exact) mass is 318 g/mol. The first-order valence-corrected chi connectivity index (χ1v) is 7.71. The fourth-order valence-corrected chi connectivity index (χ4v) is 2.59. The second-order valence-corrected chi connectivity index (χ2v) is 5.41. The lowest BCUT2D eigenvalue weighted by molar-refractivity contribution is -0.139. The Kier molecular flexibility index (Phi) is 5.62. The second-order valence-electron chi connectivity index (χ2n) is 5.41. The highest BCUT2D eigenvalue weighted by atomic mass is 16.5. The minimum absolute atomic E-state index is 0.0376. The van der Waals surface area contributed by atoms with Crippen molar-refractivity contribution >= 4 is 12.1 Å². The number of carbonyl (C=O) groups excluding carboxylic acids is 1. The number of amides is 1. The molecule has 2 rings (SSSR count). The van der Waals surface area contributed by atoms with E-state index in [1.165, 1.54) is 4.90 Å². The Bertz CT molecular complexity index is 598. The number of carboxylic acid groups (broad SMARTS) is 1. The third kappa shape index (κ3) is 4.25. The Morgan fingerprint density at radius 3 is 2.65 bits per heavy atom. The molecular formula is C17H22N2O4. The van der Waals surface area contributed by atoms with Gasteiger partial charge in [0.1, 0.15) is 0 Å². The van der Waals surface area contributed by atoms with Crippen molar-refractivity contribution in [2.45, 2.75) is 26.3 Å². The van der Waals surface area contributed by atoms with Crippen LogP contribution in [0.4, 0.5) is 4.79 Å². The van der Waals surface area contributed by atoms with Gasteiger partial charge in [0.15, 0.2) is 0 Å². The van der Waals surface area contributed by atoms with Gasteiger partial charge >= 0.3 is 12.1 Å². The first-order chi connectivity index (χ1) is 11.0. The molecule has 0 bridgehead atoms. The molecule has 1 heterocycles. The number of nitrogens with one attached hydrogen (secondary N) is 1. The standard InChI is InChI=1S/C17H22N2O4/c1-3-23-16(20)14-9-10-19(17(21)22)11-15(14)18-12(2)13-7-5-4-6-8-13/h4-8,12,18H,3,9-11H2,1-2H3,(H,21,22). The van der Waals surface area contributed by atoms with Crippen molar-refractivity contribution < 1.29 is 19.4 Å². The molecule has 0 saturated carbocycles. The molecule has 124 valence electrons. The fraction of sp³-hybridized carbons (Fsp3) is 0.412. The van der Waals surface area contributed by atoms with Gasteiger partial charge in [-0.2, -0.15) is 0 Å². The van der Waals surface area contributed by atoms with Crippen molar-refractivity contribution in [3.8, 4) is 0 Å². The van der Waals surface area contributed by atoms with Gasteiger partial charge in [-0.15, -0.1) is 0 Å². The van der Waals surface area contributed by atoms with E-state index in [-0.39, 0.29) is 18.6 Å². The van der Waals surface area contributed by atoms with Gasteiger partial charge in [-0.1, -0.05) is 30.3 Å². The van der Waals surface area contributed by atoms with Crippen molar-refractivity contribution in [1.29, 1.82) is 0 Å². The third-order valence-corrected chi connectivity index (χ3v) is 3.83. The van der Waals surface area contributed by atoms with Gasteiger partial charge in [0, 0.05) is 18.3 Å². The van der Waals surface area contributed by atoms with Gasteiger partial charge in [-0.3, -0.25) is 0 Å². The molecule has 1 aliphatic heterocycles. The van der Waals surface area contributed by atoms with E-state index in [1.807, 2.05) is 37.3 Å². The quantitative estimate of drug-likeness (QED) is 0.816. The molecule has 1 amide bonds. The van der Waals surface area contributed by atoms with E-state index in [4.69, 9.17) is 4.74 Å². The Morgan fingerprint density at radius 1 is 1.35 bits per heavy atom. The van der Waals surface area contributed by atoms with E-state index in [9.17, 15) is 14.7 Å². The first-order valence-electron chi connectivity index (χ1n) is 7.71. The summed E-state index contributed by atoms with van der Waals surface area (Å²) in [5, 5.41) is 12.5. The highest BCUT2D eigenvalue weighted by molar-refractivity contribution is 5.90. The number of ether oxygens (including phenoxy) is 1. The average molecular weight is 318 g/mol. The highest BCUT2D eigenvalue weighted by Gasteiger charge is 2.27. The average Bonchev–Trinajstić information content (AvgIpc) is 2.55. The molecule has 1 aromatic carbocycles. The van der Waals surface area contributed by atoms with E-state index < -0.39 is 6.09 Å². The minimum Gasteiger partial charge on any atom is -0.465 e. The van der Waals surface area contributed by atoms with Crippen molar-refractivity contribution in [2.75, 3.05) is 19.7 Å². The maximum absolute atomic E-state index is 12.1. The number of nitrogens with zero attached hydrogens (tertiary/aromatic N) is 1. The van der Waals surface area contributed by atoms with Gasteiger partial charge in [0.2, 0.25) is 0 Å². The molecule has 6 heteroatoms. The summed E-state index contributed by atoms with van der Waals surface area (Å²) in [4.78, 5) is 24.6. The molecule has 0 aliphatic carbocycles. The van der Waals surface area contributed by atoms with E-state index in [0.29, 0.717) is 30.8 Å². The van der Waals surface area contributed by atoms with Crippen molar-refractivity contribution in [3.63, 3.8) is 0 Å². The van der Waals surface area contributed by atoms with E-state index in [0.717, 1.165) is 5.56 Å². The Morgan fingerprint density at radius 2 is 2.04 bits per heavy atom. The minimum atomic E-state index is -0.987. The fourth-order valence-electron chi connectivity index (χ4n) is 2.59. The molecule has 1 aromatic rings. The highest BCUT2D eigenvalue weighted by Crippen LogP contribution is 2.21. The van der Waals surface area contributed by atoms with Crippen LogP contribution in [-0.2, 0) is 9.53 Å². The summed E-state index contributed by atoms with van der Waals surface area (Å²) in [6, 6.07) is 9.76. The molecule has 0 saturated heterocycles. The predicted molar refractivity (Wildman–Crippen MR) is 85.9 cm³/mol. The van der Waals surface area contributed by atoms with Gasteiger partial charge in [0.25, 0.3) is 0 Å². The van der Waals surface area contributed by atoms with E-state index >= 15 is 0 Å². The molecule has 6 nitrogen and oxygen atoms in total. The molecule has 0 fully saturated rings. The number of carbonyl (C=O) groups is 2. The molecule has 0 aromatic heterocycles. The molecule has 23 heavy (non-hydrogen) atoms. The second kappa shape index (κ2) is 7.67. The zero-order valence-corrected chi connectivity index (χ0v) is 13.4. The number of hydrogen-bond donors (Lipinski definition) is 2. The molecule has 1 unspecified atom stereocenters. The summed E-state index contributed by atoms with van der Waals surface area (Å²) in [6.07, 6.45) is -0.630. The van der Waals surface area contributed by atoms with Crippen molar-refractivity contribution in [3.05, 3.63) is 47.2 Å². The molecule has 1 atom stereocenters. The van der Waals surface area contributed by atoms with Gasteiger partial charge in [0.05, 0.1) is 18.7 Å². The van der Waals surface area contributed by atoms with Crippen LogP contribution in [0, 0.1) is 0 Å². The summed E-state index contributed by atoms with van der Waals surface area (Å²) < 4.78 is 5.09. The number of hydrogen-bond acceptors (Lipinski definition) is 4. The third-order valence-electron chi connectivity index (χ3n) is 3.83. The van der Waals surface area contributed by atoms with E-state index in [1.54, 1.807) is 6.92 Å². The van der Waals surface area contributed by atoms with Crippen LogP contribution in [0.3, 0.4) is 0 Å². The molecule has 0 spiro atoms. The summed E-state index contributed by atoms with van der Waals surface area (Å²) in [7, 11) is 0. The normalized spacial score (nSPS) is 16.0. The van der Waals surface area contributed by atoms with E-state index in [2.05, 4.69) is 5.32 Å². The largest absolute Gasteiger partial charge is 0.465 e. The lowest BCUT2D eigenvalue weighted by Gasteiger charge is -2.30. The van der Waals surface area contributed by atoms with Crippen molar-refractivity contribution in [1.82, 2.24) is 10.2 Å². The molecule has 2 N–H and O–H groups in total. The smallest absolute Gasteiger partial charge is 0.407 e. The zero-order chi connectivity index (χ0) is 16.8. The maximum Gasteiger partial charge on any atom is 0.407 e. The van der Waals surface area contributed by atoms with Crippen LogP contribution in [0.5, 0.6) is 0 Å². The van der Waals surface area contributed by atoms with Crippen LogP contribution in [-0.4, -0.2) is 41.8 Å². The molecule has 0 radical (unpaired) electrons. The van der Waals surface area contributed by atoms with Crippen LogP contribution in [0.25, 0.3) is 0 Å². The molecular weight excluding hydrogens is 296 g/mol. The summed E-state index contributed by atoms with van der Waals surface area (Å²) in [6.45, 7) is 4.50. The van der Waals surface area contributed by atoms with Crippen LogP contribution in [0.2, 0.25) is 0 Å². The van der Waals surface area contributed by atoms with Crippen LogP contribution >= 0.6 is 0 Å². The maximum atomic E-state index is 12.1. The van der Waals surface area contributed by atoms with Crippen LogP contribution in [0.15, 0.2) is 41.6 Å². The molecule has 1 aliphatic rings. The number of esters is 1. The summed E-state index contributed by atoms with van der Waals surface area (Å²) in [5.41, 5.74) is 2.22. The summed E-state index contributed by atoms with van der Waals surface area (Å²) in [5.74, 6) is -0.375. The topological polar surface area (TPSA) is 78.9 Å². The van der Waals surface area contributed by atoms with Gasteiger partial charge < -0.3 is 20.1 Å². The SMILES string of the molecule is CCOC(=O)C1=C(NC(C)c2ccccc2)CN(C(=O)O)CC1. The summed E-state index contributed by atoms with van der Waals surface area (Å²) >= 11 is 0. The van der Waals surface area contributed by atoms with Gasteiger partial charge in [-0.25, -0.2) is 9.59 Å². The van der Waals surface area contributed by atoms with Gasteiger partial charge in [-0.05, 0) is 25.8 Å². The van der Waals surface area contributed by atoms with Crippen molar-refractivity contribution in [2.24, 2.45) is 0 Å². The first kappa shape index (κ1) is 16.9. The lowest BCUT2D eigenvalue weighted by atomic mass is 10.0. The Balaban J connectivity index is 2.23. The Labute approximate surface area is 135 Å². The van der Waals surface area contributed by atoms with Crippen LogP contribution in [0.1, 0.15) is 31.9 Å². The zero-order valence-electron chi connectivity index (χ0n) is 13.4. The lowest BCUT2D eigenvalue weighted by Crippen LogP contribution is -2.41. The predicted octanol–water partition coefficient (Wildman–Crippen LogP) is 2.54. The number of rotatable bonds is 5.